The lowest BCUT2D eigenvalue weighted by atomic mass is 10.1. The first-order valence-corrected chi connectivity index (χ1v) is 6.05. The highest BCUT2D eigenvalue weighted by Crippen LogP contribution is 2.11. The van der Waals surface area contributed by atoms with Crippen molar-refractivity contribution in [3.05, 3.63) is 35.4 Å². The molecule has 92 valence electrons. The molecule has 0 aliphatic carbocycles. The molecular weight excluding hydrogens is 208 g/mol. The van der Waals surface area contributed by atoms with Crippen LogP contribution in [0.2, 0.25) is 0 Å². The molecule has 0 unspecified atom stereocenters. The Bertz CT molecular complexity index is 377. The van der Waals surface area contributed by atoms with E-state index in [2.05, 4.69) is 54.3 Å². The van der Waals surface area contributed by atoms with E-state index in [0.29, 0.717) is 12.6 Å². The van der Waals surface area contributed by atoms with E-state index in [9.17, 15) is 0 Å². The van der Waals surface area contributed by atoms with Crippen molar-refractivity contribution in [2.75, 3.05) is 13.6 Å². The second-order valence-corrected chi connectivity index (χ2v) is 4.68. The van der Waals surface area contributed by atoms with Gasteiger partial charge in [-0.25, -0.2) is 0 Å². The maximum atomic E-state index is 5.32. The third-order valence-corrected chi connectivity index (χ3v) is 2.62. The normalized spacial score (nSPS) is 10.8. The lowest BCUT2D eigenvalue weighted by molar-refractivity contribution is 0.367. The molecule has 17 heavy (non-hydrogen) atoms. The average Bonchev–Trinajstić information content (AvgIpc) is 2.28. The van der Waals surface area contributed by atoms with Crippen molar-refractivity contribution >= 4 is 0 Å². The van der Waals surface area contributed by atoms with E-state index in [1.807, 2.05) is 7.05 Å². The molecule has 1 aromatic carbocycles. The number of hydrogen-bond donors (Lipinski definition) is 1. The molecule has 0 amide bonds. The topological polar surface area (TPSA) is 15.3 Å². The van der Waals surface area contributed by atoms with E-state index in [-0.39, 0.29) is 0 Å². The Morgan fingerprint density at radius 2 is 1.94 bits per heavy atom. The van der Waals surface area contributed by atoms with Gasteiger partial charge in [-0.15, -0.1) is 6.42 Å². The Kier molecular flexibility index (Phi) is 5.76. The Morgan fingerprint density at radius 3 is 2.53 bits per heavy atom. The largest absolute Gasteiger partial charge is 0.310 e. The van der Waals surface area contributed by atoms with Gasteiger partial charge in [0.05, 0.1) is 6.54 Å². The van der Waals surface area contributed by atoms with Crippen molar-refractivity contribution in [1.82, 2.24) is 10.2 Å². The number of nitrogens with zero attached hydrogens (tertiary/aromatic N) is 1. The van der Waals surface area contributed by atoms with Crippen LogP contribution in [0.25, 0.3) is 0 Å². The van der Waals surface area contributed by atoms with E-state index in [4.69, 9.17) is 6.42 Å². The summed E-state index contributed by atoms with van der Waals surface area (Å²) in [6, 6.07) is 9.02. The molecule has 1 aromatic rings. The molecule has 0 saturated carbocycles. The number of nitrogens with one attached hydrogen (secondary N) is 1. The quantitative estimate of drug-likeness (QED) is 0.754. The van der Waals surface area contributed by atoms with Crippen LogP contribution in [0.3, 0.4) is 0 Å². The van der Waals surface area contributed by atoms with Gasteiger partial charge >= 0.3 is 0 Å². The van der Waals surface area contributed by atoms with E-state index in [1.54, 1.807) is 0 Å². The first-order chi connectivity index (χ1) is 8.13. The molecule has 2 heteroatoms. The van der Waals surface area contributed by atoms with Gasteiger partial charge in [-0.1, -0.05) is 44.0 Å². The van der Waals surface area contributed by atoms with Crippen LogP contribution in [0.15, 0.2) is 24.3 Å². The number of terminal acetylenes is 1. The molecule has 2 nitrogen and oxygen atoms in total. The van der Waals surface area contributed by atoms with Crippen molar-refractivity contribution in [3.63, 3.8) is 0 Å². The third kappa shape index (κ3) is 5.04. The van der Waals surface area contributed by atoms with Gasteiger partial charge in [0.25, 0.3) is 0 Å². The predicted molar refractivity (Wildman–Crippen MR) is 73.6 cm³/mol. The summed E-state index contributed by atoms with van der Waals surface area (Å²) in [4.78, 5) is 2.15. The van der Waals surface area contributed by atoms with Gasteiger partial charge in [0.1, 0.15) is 0 Å². The average molecular weight is 230 g/mol. The molecule has 0 saturated heterocycles. The highest BCUT2D eigenvalue weighted by atomic mass is 15.1. The lowest BCUT2D eigenvalue weighted by Gasteiger charge is -2.17. The molecule has 0 spiro atoms. The molecule has 0 atom stereocenters. The minimum absolute atomic E-state index is 0.506. The second-order valence-electron chi connectivity index (χ2n) is 4.68. The zero-order valence-electron chi connectivity index (χ0n) is 11.0. The SMILES string of the molecule is C#CCN(C)Cc1ccccc1CNC(C)C. The summed E-state index contributed by atoms with van der Waals surface area (Å²) in [5.41, 5.74) is 2.70. The molecule has 1 N–H and O–H groups in total. The number of hydrogen-bond acceptors (Lipinski definition) is 2. The van der Waals surface area contributed by atoms with Crippen LogP contribution in [0.5, 0.6) is 0 Å². The summed E-state index contributed by atoms with van der Waals surface area (Å²) in [6.45, 7) is 6.82. The summed E-state index contributed by atoms with van der Waals surface area (Å²) in [7, 11) is 2.05. The zero-order valence-corrected chi connectivity index (χ0v) is 11.0. The minimum Gasteiger partial charge on any atom is -0.310 e. The summed E-state index contributed by atoms with van der Waals surface area (Å²) in [5, 5.41) is 3.45. The predicted octanol–water partition coefficient (Wildman–Crippen LogP) is 2.25. The van der Waals surface area contributed by atoms with Crippen LogP contribution in [0, 0.1) is 12.3 Å². The van der Waals surface area contributed by atoms with Crippen molar-refractivity contribution in [2.24, 2.45) is 0 Å². The molecule has 0 radical (unpaired) electrons. The number of rotatable bonds is 6. The van der Waals surface area contributed by atoms with Crippen LogP contribution in [0.4, 0.5) is 0 Å². The van der Waals surface area contributed by atoms with Crippen LogP contribution in [0.1, 0.15) is 25.0 Å². The van der Waals surface area contributed by atoms with Crippen molar-refractivity contribution in [2.45, 2.75) is 33.0 Å². The summed E-state index contributed by atoms with van der Waals surface area (Å²) in [5.74, 6) is 2.67. The molecule has 0 aliphatic rings. The van der Waals surface area contributed by atoms with Crippen LogP contribution in [-0.4, -0.2) is 24.5 Å². The lowest BCUT2D eigenvalue weighted by Crippen LogP contribution is -2.24. The Balaban J connectivity index is 2.67. The fourth-order valence-electron chi connectivity index (χ4n) is 1.70. The van der Waals surface area contributed by atoms with Gasteiger partial charge < -0.3 is 5.32 Å². The zero-order chi connectivity index (χ0) is 12.7. The van der Waals surface area contributed by atoms with Crippen LogP contribution in [-0.2, 0) is 13.1 Å². The van der Waals surface area contributed by atoms with E-state index < -0.39 is 0 Å². The molecule has 0 aliphatic heterocycles. The van der Waals surface area contributed by atoms with Crippen molar-refractivity contribution < 1.29 is 0 Å². The third-order valence-electron chi connectivity index (χ3n) is 2.62. The standard InChI is InChI=1S/C15H22N2/c1-5-10-17(4)12-15-9-7-6-8-14(15)11-16-13(2)3/h1,6-9,13,16H,10-12H2,2-4H3. The fraction of sp³-hybridized carbons (Fsp3) is 0.467. The summed E-state index contributed by atoms with van der Waals surface area (Å²) in [6.07, 6.45) is 5.32. The maximum absolute atomic E-state index is 5.32. The van der Waals surface area contributed by atoms with Gasteiger partial charge in [0, 0.05) is 19.1 Å². The van der Waals surface area contributed by atoms with Gasteiger partial charge in [0.15, 0.2) is 0 Å². The van der Waals surface area contributed by atoms with Crippen molar-refractivity contribution in [3.8, 4) is 12.3 Å². The highest BCUT2D eigenvalue weighted by molar-refractivity contribution is 5.27. The van der Waals surface area contributed by atoms with E-state index >= 15 is 0 Å². The fourth-order valence-corrected chi connectivity index (χ4v) is 1.70. The van der Waals surface area contributed by atoms with Gasteiger partial charge in [-0.3, -0.25) is 4.90 Å². The Labute approximate surface area is 105 Å². The second kappa shape index (κ2) is 7.11. The molecular formula is C15H22N2. The van der Waals surface area contributed by atoms with Gasteiger partial charge in [-0.05, 0) is 18.2 Å². The van der Waals surface area contributed by atoms with Crippen molar-refractivity contribution in [1.29, 1.82) is 0 Å². The van der Waals surface area contributed by atoms with E-state index in [0.717, 1.165) is 13.1 Å². The first-order valence-electron chi connectivity index (χ1n) is 6.05. The molecule has 0 heterocycles. The van der Waals surface area contributed by atoms with E-state index in [1.165, 1.54) is 11.1 Å². The maximum Gasteiger partial charge on any atom is 0.0599 e. The van der Waals surface area contributed by atoms with Crippen LogP contribution < -0.4 is 5.32 Å². The summed E-state index contributed by atoms with van der Waals surface area (Å²) < 4.78 is 0. The van der Waals surface area contributed by atoms with Gasteiger partial charge in [0.2, 0.25) is 0 Å². The summed E-state index contributed by atoms with van der Waals surface area (Å²) >= 11 is 0. The Hall–Kier alpha value is -1.30. The monoisotopic (exact) mass is 230 g/mol. The minimum atomic E-state index is 0.506. The molecule has 0 bridgehead atoms. The Morgan fingerprint density at radius 1 is 1.29 bits per heavy atom. The number of benzene rings is 1. The molecule has 0 aromatic heterocycles. The highest BCUT2D eigenvalue weighted by Gasteiger charge is 2.04. The van der Waals surface area contributed by atoms with Gasteiger partial charge in [-0.2, -0.15) is 0 Å². The molecule has 1 rings (SSSR count). The van der Waals surface area contributed by atoms with Crippen LogP contribution >= 0.6 is 0 Å². The smallest absolute Gasteiger partial charge is 0.0599 e. The first kappa shape index (κ1) is 13.8. The molecule has 0 fully saturated rings.